The second kappa shape index (κ2) is 8.49. The number of aryl methyl sites for hydroxylation is 1. The first-order chi connectivity index (χ1) is 7.63. The Balaban J connectivity index is 0.000000360. The SMILES string of the molecule is C1COOC1.Cc1cccc(N)c1C(=O)[O-].[Na+]. The van der Waals surface area contributed by atoms with E-state index >= 15 is 0 Å². The number of rotatable bonds is 1. The van der Waals surface area contributed by atoms with Gasteiger partial charge in [-0.1, -0.05) is 12.1 Å². The van der Waals surface area contributed by atoms with Crippen molar-refractivity contribution in [2.75, 3.05) is 18.9 Å². The van der Waals surface area contributed by atoms with Crippen LogP contribution >= 0.6 is 0 Å². The second-order valence-electron chi connectivity index (χ2n) is 3.32. The van der Waals surface area contributed by atoms with Crippen molar-refractivity contribution in [2.24, 2.45) is 0 Å². The summed E-state index contributed by atoms with van der Waals surface area (Å²) in [4.78, 5) is 19.3. The molecule has 0 aromatic heterocycles. The van der Waals surface area contributed by atoms with Gasteiger partial charge in [0.05, 0.1) is 19.2 Å². The van der Waals surface area contributed by atoms with E-state index in [1.165, 1.54) is 6.07 Å². The van der Waals surface area contributed by atoms with Gasteiger partial charge in [-0.3, -0.25) is 0 Å². The van der Waals surface area contributed by atoms with Crippen LogP contribution in [0, 0.1) is 6.92 Å². The maximum absolute atomic E-state index is 10.5. The molecule has 5 nitrogen and oxygen atoms in total. The number of benzene rings is 1. The molecule has 2 N–H and O–H groups in total. The Labute approximate surface area is 122 Å². The number of carboxylic acids is 1. The van der Waals surface area contributed by atoms with Gasteiger partial charge < -0.3 is 15.6 Å². The number of carbonyl (C=O) groups is 1. The predicted molar refractivity (Wildman–Crippen MR) is 56.4 cm³/mol. The number of anilines is 1. The number of carbonyl (C=O) groups excluding carboxylic acids is 1. The Bertz CT molecular complexity index is 339. The number of hydrogen-bond donors (Lipinski definition) is 1. The molecule has 0 bridgehead atoms. The summed E-state index contributed by atoms with van der Waals surface area (Å²) in [6.07, 6.45) is 1.06. The third-order valence-corrected chi connectivity index (χ3v) is 2.05. The largest absolute Gasteiger partial charge is 1.00 e. The summed E-state index contributed by atoms with van der Waals surface area (Å²) < 4.78 is 0. The van der Waals surface area contributed by atoms with Crippen molar-refractivity contribution in [1.29, 1.82) is 0 Å². The number of nitrogen functional groups attached to an aromatic ring is 1. The van der Waals surface area contributed by atoms with E-state index < -0.39 is 5.97 Å². The molecule has 1 fully saturated rings. The smallest absolute Gasteiger partial charge is 0.545 e. The summed E-state index contributed by atoms with van der Waals surface area (Å²) in [5.74, 6) is -1.22. The first kappa shape index (κ1) is 16.4. The topological polar surface area (TPSA) is 84.6 Å². The Morgan fingerprint density at radius 3 is 2.24 bits per heavy atom. The minimum absolute atomic E-state index is 0. The van der Waals surface area contributed by atoms with Crippen LogP contribution in [0.3, 0.4) is 0 Å². The first-order valence-electron chi connectivity index (χ1n) is 4.93. The van der Waals surface area contributed by atoms with Gasteiger partial charge in [-0.25, -0.2) is 9.78 Å². The minimum atomic E-state index is -1.22. The van der Waals surface area contributed by atoms with Gasteiger partial charge in [0.25, 0.3) is 0 Å². The Morgan fingerprint density at radius 2 is 1.94 bits per heavy atom. The summed E-state index contributed by atoms with van der Waals surface area (Å²) in [5, 5.41) is 10.5. The molecule has 0 spiro atoms. The molecule has 0 unspecified atom stereocenters. The van der Waals surface area contributed by atoms with Crippen molar-refractivity contribution in [3.05, 3.63) is 29.3 Å². The fraction of sp³-hybridized carbons (Fsp3) is 0.364. The third-order valence-electron chi connectivity index (χ3n) is 2.05. The zero-order valence-electron chi connectivity index (χ0n) is 10.1. The number of carboxylic acid groups (broad SMARTS) is 1. The molecule has 0 atom stereocenters. The second-order valence-corrected chi connectivity index (χ2v) is 3.32. The van der Waals surface area contributed by atoms with E-state index in [0.717, 1.165) is 19.6 Å². The maximum Gasteiger partial charge on any atom is 1.00 e. The molecule has 1 aromatic carbocycles. The molecule has 0 radical (unpaired) electrons. The summed E-state index contributed by atoms with van der Waals surface area (Å²) in [6, 6.07) is 4.93. The van der Waals surface area contributed by atoms with Crippen LogP contribution in [-0.4, -0.2) is 19.2 Å². The van der Waals surface area contributed by atoms with Crippen molar-refractivity contribution < 1.29 is 49.2 Å². The van der Waals surface area contributed by atoms with Crippen LogP contribution in [0.1, 0.15) is 22.3 Å². The molecule has 17 heavy (non-hydrogen) atoms. The summed E-state index contributed by atoms with van der Waals surface area (Å²) >= 11 is 0. The van der Waals surface area contributed by atoms with Gasteiger partial charge in [-0.15, -0.1) is 0 Å². The van der Waals surface area contributed by atoms with E-state index in [2.05, 4.69) is 9.78 Å². The van der Waals surface area contributed by atoms with Gasteiger partial charge in [0.1, 0.15) is 0 Å². The van der Waals surface area contributed by atoms with Gasteiger partial charge in [0, 0.05) is 17.7 Å². The van der Waals surface area contributed by atoms with E-state index in [4.69, 9.17) is 5.73 Å². The molecule has 0 amide bonds. The van der Waals surface area contributed by atoms with Gasteiger partial charge in [-0.05, 0) is 18.6 Å². The number of nitrogens with two attached hydrogens (primary N) is 1. The Kier molecular flexibility index (Phi) is 8.20. The number of hydrogen-bond acceptors (Lipinski definition) is 5. The fourth-order valence-corrected chi connectivity index (χ4v) is 1.26. The first-order valence-corrected chi connectivity index (χ1v) is 4.93. The van der Waals surface area contributed by atoms with Crippen LogP contribution < -0.4 is 40.4 Å². The zero-order valence-corrected chi connectivity index (χ0v) is 12.1. The van der Waals surface area contributed by atoms with E-state index in [9.17, 15) is 9.90 Å². The van der Waals surface area contributed by atoms with Crippen LogP contribution in [0.5, 0.6) is 0 Å². The molecule has 6 heteroatoms. The van der Waals surface area contributed by atoms with Crippen LogP contribution in [0.15, 0.2) is 18.2 Å². The van der Waals surface area contributed by atoms with Crippen molar-refractivity contribution in [3.63, 3.8) is 0 Å². The molecule has 1 aromatic rings. The Hall–Kier alpha value is -0.590. The standard InChI is InChI=1S/C8H9NO2.C3H6O2.Na/c1-5-3-2-4-6(9)7(5)8(10)11;1-2-4-5-3-1;/h2-4H,9H2,1H3,(H,10,11);1-3H2;/q;;+1/p-1. The van der Waals surface area contributed by atoms with Crippen LogP contribution in [0.4, 0.5) is 5.69 Å². The van der Waals surface area contributed by atoms with Gasteiger partial charge >= 0.3 is 29.6 Å². The van der Waals surface area contributed by atoms with E-state index in [1.54, 1.807) is 19.1 Å². The average molecular weight is 247 g/mol. The minimum Gasteiger partial charge on any atom is -0.545 e. The Morgan fingerprint density at radius 1 is 1.35 bits per heavy atom. The van der Waals surface area contributed by atoms with Crippen molar-refractivity contribution >= 4 is 11.7 Å². The molecule has 88 valence electrons. The zero-order chi connectivity index (χ0) is 12.0. The van der Waals surface area contributed by atoms with Crippen molar-refractivity contribution in [1.82, 2.24) is 0 Å². The molecule has 2 rings (SSSR count). The van der Waals surface area contributed by atoms with Gasteiger partial charge in [-0.2, -0.15) is 0 Å². The van der Waals surface area contributed by atoms with Crippen LogP contribution in [0.2, 0.25) is 0 Å². The maximum atomic E-state index is 10.5. The summed E-state index contributed by atoms with van der Waals surface area (Å²) in [6.45, 7) is 3.24. The normalized spacial score (nSPS) is 13.2. The van der Waals surface area contributed by atoms with E-state index in [1.807, 2.05) is 0 Å². The van der Waals surface area contributed by atoms with Crippen LogP contribution in [-0.2, 0) is 9.78 Å². The molecule has 1 saturated heterocycles. The predicted octanol–water partition coefficient (Wildman–Crippen LogP) is -2.72. The molecule has 0 aliphatic carbocycles. The molecule has 1 heterocycles. The van der Waals surface area contributed by atoms with Crippen molar-refractivity contribution in [3.8, 4) is 0 Å². The van der Waals surface area contributed by atoms with Gasteiger partial charge in [0.15, 0.2) is 0 Å². The summed E-state index contributed by atoms with van der Waals surface area (Å²) in [7, 11) is 0. The monoisotopic (exact) mass is 247 g/mol. The van der Waals surface area contributed by atoms with E-state index in [-0.39, 0.29) is 40.8 Å². The third kappa shape index (κ3) is 5.52. The summed E-state index contributed by atoms with van der Waals surface area (Å²) in [5.41, 5.74) is 6.38. The van der Waals surface area contributed by atoms with Crippen molar-refractivity contribution in [2.45, 2.75) is 13.3 Å². The van der Waals surface area contributed by atoms with E-state index in [0.29, 0.717) is 5.56 Å². The average Bonchev–Trinajstić information content (AvgIpc) is 2.74. The molecule has 1 aliphatic heterocycles. The molecular formula is C11H14NNaO4. The molecule has 0 saturated carbocycles. The molecular weight excluding hydrogens is 233 g/mol. The fourth-order valence-electron chi connectivity index (χ4n) is 1.26. The molecule has 1 aliphatic rings. The van der Waals surface area contributed by atoms with Gasteiger partial charge in [0.2, 0.25) is 0 Å². The number of aromatic carboxylic acids is 1. The van der Waals surface area contributed by atoms with Crippen LogP contribution in [0.25, 0.3) is 0 Å². The quantitative estimate of drug-likeness (QED) is 0.331.